The van der Waals surface area contributed by atoms with Gasteiger partial charge < -0.3 is 42.7 Å². The van der Waals surface area contributed by atoms with Crippen molar-refractivity contribution in [2.75, 3.05) is 0 Å². The second kappa shape index (κ2) is 13.5. The number of hydrogen-bond donors (Lipinski definition) is 8. The molecular formula is C17H27N5O10. The summed E-state index contributed by atoms with van der Waals surface area (Å²) < 4.78 is 0. The second-order valence-electron chi connectivity index (χ2n) is 6.83. The molecule has 0 aromatic rings. The molecule has 0 aliphatic carbocycles. The minimum absolute atomic E-state index is 0.256. The molecule has 0 radical (unpaired) electrons. The minimum Gasteiger partial charge on any atom is -0.481 e. The lowest BCUT2D eigenvalue weighted by Crippen LogP contribution is -2.57. The van der Waals surface area contributed by atoms with Crippen LogP contribution in [-0.2, 0) is 33.6 Å². The van der Waals surface area contributed by atoms with Gasteiger partial charge in [0.2, 0.25) is 23.6 Å². The van der Waals surface area contributed by atoms with Gasteiger partial charge in [-0.2, -0.15) is 0 Å². The van der Waals surface area contributed by atoms with Crippen molar-refractivity contribution in [2.45, 2.75) is 63.2 Å². The standard InChI is InChI=1S/C17H27N5O10/c1-7(17(31)32)20-16(30)10(6-11(19)23)22-15(29)9(3-5-13(26)27)21-14(28)8(18)2-4-12(24)25/h7-10H,2-6,18H2,1H3,(H2,19,23)(H,20,30)(H,21,28)(H,22,29)(H,24,25)(H,26,27)(H,31,32). The van der Waals surface area contributed by atoms with Crippen molar-refractivity contribution in [3.05, 3.63) is 0 Å². The minimum atomic E-state index is -1.60. The van der Waals surface area contributed by atoms with Crippen LogP contribution in [-0.4, -0.2) is 81.0 Å². The predicted molar refractivity (Wildman–Crippen MR) is 105 cm³/mol. The topological polar surface area (TPSA) is 268 Å². The summed E-state index contributed by atoms with van der Waals surface area (Å²) in [7, 11) is 0. The second-order valence-corrected chi connectivity index (χ2v) is 6.83. The van der Waals surface area contributed by atoms with Crippen LogP contribution in [0.2, 0.25) is 0 Å². The van der Waals surface area contributed by atoms with Crippen molar-refractivity contribution in [3.63, 3.8) is 0 Å². The lowest BCUT2D eigenvalue weighted by atomic mass is 10.1. The third-order valence-electron chi connectivity index (χ3n) is 4.05. The molecule has 10 N–H and O–H groups in total. The SMILES string of the molecule is CC(NC(=O)C(CC(N)=O)NC(=O)C(CCC(=O)O)NC(=O)C(N)CCC(=O)O)C(=O)O. The van der Waals surface area contributed by atoms with Crippen molar-refractivity contribution in [1.29, 1.82) is 0 Å². The Morgan fingerprint density at radius 2 is 1.22 bits per heavy atom. The summed E-state index contributed by atoms with van der Waals surface area (Å²) in [6.07, 6.45) is -2.38. The van der Waals surface area contributed by atoms with Crippen molar-refractivity contribution in [1.82, 2.24) is 16.0 Å². The number of hydrogen-bond acceptors (Lipinski definition) is 8. The summed E-state index contributed by atoms with van der Waals surface area (Å²) in [5.74, 6) is -7.94. The van der Waals surface area contributed by atoms with Crippen LogP contribution >= 0.6 is 0 Å². The van der Waals surface area contributed by atoms with E-state index in [2.05, 4.69) is 10.6 Å². The Kier molecular flexibility index (Phi) is 11.9. The molecule has 0 spiro atoms. The van der Waals surface area contributed by atoms with Gasteiger partial charge in [-0.3, -0.25) is 33.6 Å². The van der Waals surface area contributed by atoms with Crippen LogP contribution < -0.4 is 27.4 Å². The average molecular weight is 461 g/mol. The van der Waals surface area contributed by atoms with Gasteiger partial charge >= 0.3 is 17.9 Å². The lowest BCUT2D eigenvalue weighted by Gasteiger charge is -2.24. The number of rotatable bonds is 15. The van der Waals surface area contributed by atoms with Gasteiger partial charge in [0.05, 0.1) is 12.5 Å². The van der Waals surface area contributed by atoms with Crippen LogP contribution in [0.1, 0.15) is 39.0 Å². The zero-order valence-electron chi connectivity index (χ0n) is 17.2. The first-order valence-corrected chi connectivity index (χ1v) is 9.36. The highest BCUT2D eigenvalue weighted by Gasteiger charge is 2.30. The molecule has 4 unspecified atom stereocenters. The van der Waals surface area contributed by atoms with Crippen LogP contribution in [0, 0.1) is 0 Å². The highest BCUT2D eigenvalue weighted by Crippen LogP contribution is 2.04. The Hall–Kier alpha value is -3.75. The van der Waals surface area contributed by atoms with Crippen LogP contribution in [0.4, 0.5) is 0 Å². The smallest absolute Gasteiger partial charge is 0.325 e. The van der Waals surface area contributed by atoms with Gasteiger partial charge in [0.25, 0.3) is 0 Å². The van der Waals surface area contributed by atoms with E-state index in [0.29, 0.717) is 0 Å². The monoisotopic (exact) mass is 461 g/mol. The number of carboxylic acid groups (broad SMARTS) is 3. The van der Waals surface area contributed by atoms with Crippen LogP contribution in [0.5, 0.6) is 0 Å². The van der Waals surface area contributed by atoms with E-state index in [1.165, 1.54) is 0 Å². The predicted octanol–water partition coefficient (Wildman–Crippen LogP) is -3.52. The summed E-state index contributed by atoms with van der Waals surface area (Å²) in [4.78, 5) is 80.6. The summed E-state index contributed by atoms with van der Waals surface area (Å²) in [6.45, 7) is 1.14. The number of primary amides is 1. The molecule has 15 nitrogen and oxygen atoms in total. The van der Waals surface area contributed by atoms with Crippen LogP contribution in [0.25, 0.3) is 0 Å². The van der Waals surface area contributed by atoms with E-state index in [9.17, 15) is 33.6 Å². The Balaban J connectivity index is 5.41. The molecule has 0 fully saturated rings. The number of nitrogens with two attached hydrogens (primary N) is 2. The molecule has 32 heavy (non-hydrogen) atoms. The fraction of sp³-hybridized carbons (Fsp3) is 0.588. The van der Waals surface area contributed by atoms with Gasteiger partial charge in [0.1, 0.15) is 18.1 Å². The van der Waals surface area contributed by atoms with Gasteiger partial charge in [0.15, 0.2) is 0 Å². The first kappa shape index (κ1) is 28.2. The van der Waals surface area contributed by atoms with Crippen molar-refractivity contribution >= 4 is 41.5 Å². The van der Waals surface area contributed by atoms with Crippen LogP contribution in [0.3, 0.4) is 0 Å². The number of aliphatic carboxylic acids is 3. The summed E-state index contributed by atoms with van der Waals surface area (Å²) in [5, 5.41) is 32.7. The highest BCUT2D eigenvalue weighted by atomic mass is 16.4. The van der Waals surface area contributed by atoms with Crippen LogP contribution in [0.15, 0.2) is 0 Å². The molecule has 0 bridgehead atoms. The fourth-order valence-corrected chi connectivity index (χ4v) is 2.28. The average Bonchev–Trinajstić information content (AvgIpc) is 2.67. The van der Waals surface area contributed by atoms with E-state index in [1.807, 2.05) is 5.32 Å². The van der Waals surface area contributed by atoms with Gasteiger partial charge in [-0.1, -0.05) is 0 Å². The Bertz CT molecular complexity index is 756. The van der Waals surface area contributed by atoms with E-state index in [-0.39, 0.29) is 6.42 Å². The van der Waals surface area contributed by atoms with Gasteiger partial charge in [0, 0.05) is 12.8 Å². The number of carbonyl (C=O) groups is 7. The molecule has 0 aromatic carbocycles. The van der Waals surface area contributed by atoms with E-state index < -0.39 is 91.4 Å². The molecule has 0 aliphatic rings. The molecule has 4 atom stereocenters. The van der Waals surface area contributed by atoms with Gasteiger partial charge in [-0.15, -0.1) is 0 Å². The Labute approximate surface area is 181 Å². The normalized spacial score (nSPS) is 14.2. The maximum atomic E-state index is 12.6. The van der Waals surface area contributed by atoms with Crippen molar-refractivity contribution < 1.29 is 48.9 Å². The summed E-state index contributed by atoms with van der Waals surface area (Å²) in [6, 6.07) is -5.78. The van der Waals surface area contributed by atoms with E-state index >= 15 is 0 Å². The fourth-order valence-electron chi connectivity index (χ4n) is 2.28. The number of carbonyl (C=O) groups excluding carboxylic acids is 4. The quantitative estimate of drug-likeness (QED) is 0.118. The van der Waals surface area contributed by atoms with E-state index in [0.717, 1.165) is 6.92 Å². The molecule has 0 saturated heterocycles. The largest absolute Gasteiger partial charge is 0.481 e. The van der Waals surface area contributed by atoms with Gasteiger partial charge in [-0.25, -0.2) is 0 Å². The van der Waals surface area contributed by atoms with E-state index in [1.54, 1.807) is 0 Å². The molecule has 180 valence electrons. The zero-order valence-corrected chi connectivity index (χ0v) is 17.2. The maximum absolute atomic E-state index is 12.6. The zero-order chi connectivity index (χ0) is 25.0. The first-order chi connectivity index (χ1) is 14.7. The molecule has 0 saturated carbocycles. The summed E-state index contributed by atoms with van der Waals surface area (Å²) >= 11 is 0. The molecular weight excluding hydrogens is 434 g/mol. The molecule has 0 aliphatic heterocycles. The van der Waals surface area contributed by atoms with Gasteiger partial charge in [-0.05, 0) is 19.8 Å². The lowest BCUT2D eigenvalue weighted by molar-refractivity contribution is -0.142. The first-order valence-electron chi connectivity index (χ1n) is 9.36. The third kappa shape index (κ3) is 11.4. The summed E-state index contributed by atoms with van der Waals surface area (Å²) in [5.41, 5.74) is 10.6. The molecule has 15 heteroatoms. The molecule has 4 amide bonds. The molecule has 0 aromatic heterocycles. The number of nitrogens with one attached hydrogen (secondary N) is 3. The van der Waals surface area contributed by atoms with Crippen molar-refractivity contribution in [2.24, 2.45) is 11.5 Å². The highest BCUT2D eigenvalue weighted by molar-refractivity contribution is 5.96. The van der Waals surface area contributed by atoms with E-state index in [4.69, 9.17) is 26.8 Å². The number of amides is 4. The number of carboxylic acids is 3. The third-order valence-corrected chi connectivity index (χ3v) is 4.05. The Morgan fingerprint density at radius 1 is 0.750 bits per heavy atom. The maximum Gasteiger partial charge on any atom is 0.325 e. The molecule has 0 heterocycles. The molecule has 0 rings (SSSR count). The Morgan fingerprint density at radius 3 is 1.69 bits per heavy atom. The van der Waals surface area contributed by atoms with Crippen molar-refractivity contribution in [3.8, 4) is 0 Å².